The summed E-state index contributed by atoms with van der Waals surface area (Å²) in [5.41, 5.74) is 0.752. The summed E-state index contributed by atoms with van der Waals surface area (Å²) in [6.45, 7) is 11.5. The van der Waals surface area contributed by atoms with Crippen molar-refractivity contribution in [2.45, 2.75) is 59.7 Å². The lowest BCUT2D eigenvalue weighted by atomic mass is 9.74. The van der Waals surface area contributed by atoms with Crippen molar-refractivity contribution in [1.29, 1.82) is 0 Å². The van der Waals surface area contributed by atoms with Gasteiger partial charge in [0, 0.05) is 24.8 Å². The van der Waals surface area contributed by atoms with Crippen molar-refractivity contribution in [2.75, 3.05) is 18.4 Å². The van der Waals surface area contributed by atoms with E-state index in [1.807, 2.05) is 31.2 Å². The number of hydrogen-bond acceptors (Lipinski definition) is 3. The standard InChI is InChI=1S/C20H32N2O3/c1-6-14(2)25-16-9-7-8-15(12-16)21-19(24)22-11-10-17(18(23)13-22)20(3,4)5/h7-9,12,14,17-18,23H,6,10-11,13H2,1-5H3,(H,21,24)/t14-,17+,18-/m0/s1. The summed E-state index contributed by atoms with van der Waals surface area (Å²) in [4.78, 5) is 14.2. The van der Waals surface area contributed by atoms with E-state index in [-0.39, 0.29) is 23.5 Å². The maximum atomic E-state index is 12.5. The average molecular weight is 348 g/mol. The number of urea groups is 1. The van der Waals surface area contributed by atoms with Gasteiger partial charge < -0.3 is 20.1 Å². The Morgan fingerprint density at radius 3 is 2.76 bits per heavy atom. The van der Waals surface area contributed by atoms with E-state index >= 15 is 0 Å². The third-order valence-electron chi connectivity index (χ3n) is 4.98. The molecular formula is C20H32N2O3. The molecule has 2 N–H and O–H groups in total. The predicted molar refractivity (Wildman–Crippen MR) is 101 cm³/mol. The molecule has 0 unspecified atom stereocenters. The fourth-order valence-corrected chi connectivity index (χ4v) is 3.29. The van der Waals surface area contributed by atoms with Crippen molar-refractivity contribution in [3.05, 3.63) is 24.3 Å². The van der Waals surface area contributed by atoms with Crippen LogP contribution in [0.5, 0.6) is 5.75 Å². The number of likely N-dealkylation sites (tertiary alicyclic amines) is 1. The van der Waals surface area contributed by atoms with E-state index in [1.54, 1.807) is 4.90 Å². The quantitative estimate of drug-likeness (QED) is 0.860. The lowest BCUT2D eigenvalue weighted by molar-refractivity contribution is -0.0108. The van der Waals surface area contributed by atoms with Crippen molar-refractivity contribution in [2.24, 2.45) is 11.3 Å². The van der Waals surface area contributed by atoms with Gasteiger partial charge in [0.15, 0.2) is 0 Å². The smallest absolute Gasteiger partial charge is 0.321 e. The highest BCUT2D eigenvalue weighted by atomic mass is 16.5. The van der Waals surface area contributed by atoms with Crippen LogP contribution in [-0.2, 0) is 0 Å². The third kappa shape index (κ3) is 5.36. The number of piperidine rings is 1. The first-order valence-corrected chi connectivity index (χ1v) is 9.21. The molecule has 0 aliphatic carbocycles. The predicted octanol–water partition coefficient (Wildman–Crippen LogP) is 4.12. The Balaban J connectivity index is 1.95. The van der Waals surface area contributed by atoms with E-state index in [2.05, 4.69) is 33.0 Å². The van der Waals surface area contributed by atoms with Crippen molar-refractivity contribution in [1.82, 2.24) is 4.90 Å². The first kappa shape index (κ1) is 19.6. The Labute approximate surface area is 151 Å². The maximum absolute atomic E-state index is 12.5. The molecule has 2 rings (SSSR count). The Kier molecular flexibility index (Phi) is 6.33. The number of anilines is 1. The molecule has 0 bridgehead atoms. The molecular weight excluding hydrogens is 316 g/mol. The number of carbonyl (C=O) groups is 1. The Hall–Kier alpha value is -1.75. The van der Waals surface area contributed by atoms with Crippen molar-refractivity contribution < 1.29 is 14.6 Å². The zero-order chi connectivity index (χ0) is 18.6. The van der Waals surface area contributed by atoms with E-state index in [0.717, 1.165) is 18.6 Å². The lowest BCUT2D eigenvalue weighted by Crippen LogP contribution is -2.51. The van der Waals surface area contributed by atoms with Gasteiger partial charge in [-0.2, -0.15) is 0 Å². The SMILES string of the molecule is CC[C@H](C)Oc1cccc(NC(=O)N2CC[C@@H](C(C)(C)C)[C@@H](O)C2)c1. The molecule has 1 saturated heterocycles. The Morgan fingerprint density at radius 1 is 1.44 bits per heavy atom. The Morgan fingerprint density at radius 2 is 2.16 bits per heavy atom. The summed E-state index contributed by atoms with van der Waals surface area (Å²) in [6, 6.07) is 7.27. The summed E-state index contributed by atoms with van der Waals surface area (Å²) >= 11 is 0. The topological polar surface area (TPSA) is 61.8 Å². The van der Waals surface area contributed by atoms with Gasteiger partial charge in [-0.1, -0.05) is 33.8 Å². The number of aliphatic hydroxyl groups is 1. The fraction of sp³-hybridized carbons (Fsp3) is 0.650. The van der Waals surface area contributed by atoms with Gasteiger partial charge >= 0.3 is 6.03 Å². The summed E-state index contributed by atoms with van der Waals surface area (Å²) in [5, 5.41) is 13.3. The van der Waals surface area contributed by atoms with Crippen molar-refractivity contribution >= 4 is 11.7 Å². The number of nitrogens with one attached hydrogen (secondary N) is 1. The summed E-state index contributed by atoms with van der Waals surface area (Å²) in [5.74, 6) is 0.961. The number of carbonyl (C=O) groups excluding carboxylic acids is 1. The van der Waals surface area contributed by atoms with Gasteiger partial charge in [-0.15, -0.1) is 0 Å². The molecule has 5 nitrogen and oxygen atoms in total. The number of hydrogen-bond donors (Lipinski definition) is 2. The molecule has 1 fully saturated rings. The number of rotatable bonds is 4. The first-order chi connectivity index (χ1) is 11.7. The molecule has 1 aromatic carbocycles. The second-order valence-electron chi connectivity index (χ2n) is 8.07. The van der Waals surface area contributed by atoms with Crippen LogP contribution in [0.25, 0.3) is 0 Å². The van der Waals surface area contributed by atoms with Crippen LogP contribution in [0.1, 0.15) is 47.5 Å². The zero-order valence-corrected chi connectivity index (χ0v) is 16.1. The molecule has 1 aliphatic heterocycles. The van der Waals surface area contributed by atoms with Crippen LogP contribution in [-0.4, -0.2) is 41.3 Å². The third-order valence-corrected chi connectivity index (χ3v) is 4.98. The largest absolute Gasteiger partial charge is 0.491 e. The zero-order valence-electron chi connectivity index (χ0n) is 16.1. The van der Waals surface area contributed by atoms with Crippen LogP contribution in [0.15, 0.2) is 24.3 Å². The fourth-order valence-electron chi connectivity index (χ4n) is 3.29. The van der Waals surface area contributed by atoms with Crippen LogP contribution in [0, 0.1) is 11.3 Å². The molecule has 1 heterocycles. The van der Waals surface area contributed by atoms with Gasteiger partial charge in [-0.3, -0.25) is 0 Å². The highest BCUT2D eigenvalue weighted by Gasteiger charge is 2.37. The van der Waals surface area contributed by atoms with Crippen LogP contribution in [0.4, 0.5) is 10.5 Å². The molecule has 2 amide bonds. The van der Waals surface area contributed by atoms with Gasteiger partial charge in [0.1, 0.15) is 5.75 Å². The number of ether oxygens (including phenoxy) is 1. The summed E-state index contributed by atoms with van der Waals surface area (Å²) < 4.78 is 5.79. The number of nitrogens with zero attached hydrogens (tertiary/aromatic N) is 1. The molecule has 0 radical (unpaired) electrons. The van der Waals surface area contributed by atoms with Crippen molar-refractivity contribution in [3.8, 4) is 5.75 Å². The van der Waals surface area contributed by atoms with Gasteiger partial charge in [0.05, 0.1) is 12.2 Å². The molecule has 0 saturated carbocycles. The number of amides is 2. The van der Waals surface area contributed by atoms with Crippen molar-refractivity contribution in [3.63, 3.8) is 0 Å². The van der Waals surface area contributed by atoms with Crippen LogP contribution < -0.4 is 10.1 Å². The van der Waals surface area contributed by atoms with Gasteiger partial charge in [-0.25, -0.2) is 4.79 Å². The van der Waals surface area contributed by atoms with Crippen LogP contribution in [0.3, 0.4) is 0 Å². The highest BCUT2D eigenvalue weighted by molar-refractivity contribution is 5.89. The average Bonchev–Trinajstić information content (AvgIpc) is 2.53. The molecule has 140 valence electrons. The molecule has 25 heavy (non-hydrogen) atoms. The normalized spacial score (nSPS) is 22.4. The van der Waals surface area contributed by atoms with E-state index < -0.39 is 6.10 Å². The highest BCUT2D eigenvalue weighted by Crippen LogP contribution is 2.34. The minimum Gasteiger partial charge on any atom is -0.491 e. The second-order valence-corrected chi connectivity index (χ2v) is 8.07. The van der Waals surface area contributed by atoms with E-state index in [1.165, 1.54) is 0 Å². The molecule has 0 aromatic heterocycles. The Bertz CT molecular complexity index is 583. The van der Waals surface area contributed by atoms with Gasteiger partial charge in [0.2, 0.25) is 0 Å². The molecule has 5 heteroatoms. The minimum atomic E-state index is -0.487. The molecule has 1 aliphatic rings. The number of aliphatic hydroxyl groups excluding tert-OH is 1. The molecule has 0 spiro atoms. The van der Waals surface area contributed by atoms with Crippen LogP contribution >= 0.6 is 0 Å². The van der Waals surface area contributed by atoms with E-state index in [4.69, 9.17) is 4.74 Å². The number of β-amino-alcohol motifs (C(OH)–C–C–N with tert-alkyl or cyclic N) is 1. The van der Waals surface area contributed by atoms with E-state index in [0.29, 0.717) is 18.8 Å². The number of benzene rings is 1. The first-order valence-electron chi connectivity index (χ1n) is 9.21. The summed E-state index contributed by atoms with van der Waals surface area (Å²) in [6.07, 6.45) is 1.39. The summed E-state index contributed by atoms with van der Waals surface area (Å²) in [7, 11) is 0. The monoisotopic (exact) mass is 348 g/mol. The van der Waals surface area contributed by atoms with E-state index in [9.17, 15) is 9.90 Å². The van der Waals surface area contributed by atoms with Gasteiger partial charge in [-0.05, 0) is 43.2 Å². The second kappa shape index (κ2) is 8.09. The lowest BCUT2D eigenvalue weighted by Gasteiger charge is -2.42. The molecule has 3 atom stereocenters. The van der Waals surface area contributed by atoms with Gasteiger partial charge in [0.25, 0.3) is 0 Å². The molecule has 1 aromatic rings. The maximum Gasteiger partial charge on any atom is 0.321 e. The minimum absolute atomic E-state index is 0.0453. The van der Waals surface area contributed by atoms with Crippen LogP contribution in [0.2, 0.25) is 0 Å².